The molecule has 1 heteroatoms. The van der Waals surface area contributed by atoms with Crippen molar-refractivity contribution in [2.24, 2.45) is 5.41 Å². The summed E-state index contributed by atoms with van der Waals surface area (Å²) in [6.07, 6.45) is 0. The minimum atomic E-state index is 0.546. The van der Waals surface area contributed by atoms with Crippen molar-refractivity contribution in [1.82, 2.24) is 0 Å². The van der Waals surface area contributed by atoms with E-state index < -0.39 is 0 Å². The third kappa shape index (κ3) is 4.79. The van der Waals surface area contributed by atoms with Gasteiger partial charge in [-0.05, 0) is 0 Å². The van der Waals surface area contributed by atoms with E-state index in [9.17, 15) is 0 Å². The van der Waals surface area contributed by atoms with E-state index in [0.29, 0.717) is 5.41 Å². The molecule has 0 amide bonds. The van der Waals surface area contributed by atoms with E-state index in [1.165, 1.54) is 4.47 Å². The van der Waals surface area contributed by atoms with Gasteiger partial charge in [0.2, 0.25) is 0 Å². The first-order chi connectivity index (χ1) is 2.56. The second kappa shape index (κ2) is 2.19. The van der Waals surface area contributed by atoms with E-state index in [2.05, 4.69) is 43.1 Å². The molecule has 0 N–H and O–H groups in total. The molecule has 0 saturated heterocycles. The zero-order chi connectivity index (χ0) is 5.21. The van der Waals surface area contributed by atoms with Crippen LogP contribution in [0.4, 0.5) is 0 Å². The molecule has 0 unspecified atom stereocenters. The van der Waals surface area contributed by atoms with E-state index in [4.69, 9.17) is 0 Å². The SMILES string of the molecule is CC(C)(C)C[Te]. The number of hydrogen-bond acceptors (Lipinski definition) is 0. The predicted octanol–water partition coefficient (Wildman–Crippen LogP) is 1.62. The van der Waals surface area contributed by atoms with Crippen molar-refractivity contribution in [2.45, 2.75) is 25.2 Å². The average Bonchev–Trinajstić information content (AvgIpc) is 1.35. The Labute approximate surface area is 53.2 Å². The van der Waals surface area contributed by atoms with Crippen molar-refractivity contribution in [3.05, 3.63) is 0 Å². The fourth-order valence-electron chi connectivity index (χ4n) is 0. The maximum atomic E-state index is 2.25. The Bertz CT molecular complexity index is 33.7. The van der Waals surface area contributed by atoms with Crippen LogP contribution in [0.1, 0.15) is 20.8 Å². The summed E-state index contributed by atoms with van der Waals surface area (Å²) in [5.74, 6) is 0. The zero-order valence-electron chi connectivity index (χ0n) is 4.62. The first kappa shape index (κ1) is 6.79. The Morgan fingerprint density at radius 2 is 1.50 bits per heavy atom. The number of hydrogen-bond donors (Lipinski definition) is 0. The molecule has 0 aromatic carbocycles. The molecule has 0 aliphatic rings. The summed E-state index contributed by atoms with van der Waals surface area (Å²) in [4.78, 5) is 0. The van der Waals surface area contributed by atoms with Gasteiger partial charge in [-0.15, -0.1) is 0 Å². The molecule has 0 rings (SSSR count). The molecule has 0 aliphatic heterocycles. The molecule has 0 bridgehead atoms. The van der Waals surface area contributed by atoms with E-state index in [1.54, 1.807) is 0 Å². The van der Waals surface area contributed by atoms with Gasteiger partial charge in [-0.2, -0.15) is 0 Å². The van der Waals surface area contributed by atoms with Crippen LogP contribution in [0.15, 0.2) is 0 Å². The molecular formula is C5H11Te. The molecule has 0 aliphatic carbocycles. The normalized spacial score (nSPS) is 12.0. The van der Waals surface area contributed by atoms with Gasteiger partial charge in [-0.25, -0.2) is 0 Å². The van der Waals surface area contributed by atoms with Crippen molar-refractivity contribution in [3.63, 3.8) is 0 Å². The van der Waals surface area contributed by atoms with Crippen LogP contribution in [0.25, 0.3) is 0 Å². The quantitative estimate of drug-likeness (QED) is 0.519. The molecule has 6 heavy (non-hydrogen) atoms. The third-order valence-electron chi connectivity index (χ3n) is 0.433. The van der Waals surface area contributed by atoms with Gasteiger partial charge in [0, 0.05) is 0 Å². The molecule has 0 heterocycles. The summed E-state index contributed by atoms with van der Waals surface area (Å²) < 4.78 is 1.28. The van der Waals surface area contributed by atoms with Crippen molar-refractivity contribution < 1.29 is 0 Å². The molecule has 37 valence electrons. The van der Waals surface area contributed by atoms with Gasteiger partial charge in [0.25, 0.3) is 0 Å². The van der Waals surface area contributed by atoms with E-state index >= 15 is 0 Å². The van der Waals surface area contributed by atoms with Gasteiger partial charge in [0.05, 0.1) is 0 Å². The molecule has 0 atom stereocenters. The van der Waals surface area contributed by atoms with Crippen LogP contribution < -0.4 is 0 Å². The molecule has 0 saturated carbocycles. The first-order valence-electron chi connectivity index (χ1n) is 2.14. The fourth-order valence-corrected chi connectivity index (χ4v) is 0. The molecule has 0 aromatic rings. The summed E-state index contributed by atoms with van der Waals surface area (Å²) in [7, 11) is 0. The third-order valence-corrected chi connectivity index (χ3v) is 2.90. The van der Waals surface area contributed by atoms with E-state index in [-0.39, 0.29) is 0 Å². The van der Waals surface area contributed by atoms with E-state index in [0.717, 1.165) is 0 Å². The minimum absolute atomic E-state index is 0.546. The fraction of sp³-hybridized carbons (Fsp3) is 1.00. The Kier molecular flexibility index (Phi) is 2.48. The summed E-state index contributed by atoms with van der Waals surface area (Å²) in [6, 6.07) is 0. The summed E-state index contributed by atoms with van der Waals surface area (Å²) in [5, 5.41) is 0. The summed E-state index contributed by atoms with van der Waals surface area (Å²) in [5.41, 5.74) is 0.546. The van der Waals surface area contributed by atoms with Gasteiger partial charge in [0.15, 0.2) is 0 Å². The standard InChI is InChI=1S/C5H11Te/c1-5(2,3)4-6/h4H2,1-3H3. The van der Waals surface area contributed by atoms with Crippen LogP contribution in [-0.2, 0) is 0 Å². The Balaban J connectivity index is 3.17. The Morgan fingerprint density at radius 1 is 1.33 bits per heavy atom. The zero-order valence-corrected chi connectivity index (χ0v) is 6.95. The van der Waals surface area contributed by atoms with Crippen LogP contribution in [0.3, 0.4) is 0 Å². The second-order valence-corrected chi connectivity index (χ2v) is 3.53. The van der Waals surface area contributed by atoms with Crippen LogP contribution >= 0.6 is 0 Å². The molecule has 0 aromatic heterocycles. The van der Waals surface area contributed by atoms with Gasteiger partial charge in [0.1, 0.15) is 0 Å². The van der Waals surface area contributed by atoms with Gasteiger partial charge in [-0.3, -0.25) is 0 Å². The topological polar surface area (TPSA) is 0 Å². The molecular weight excluding hydrogens is 188 g/mol. The van der Waals surface area contributed by atoms with Crippen molar-refractivity contribution in [1.29, 1.82) is 0 Å². The van der Waals surface area contributed by atoms with E-state index in [1.807, 2.05) is 0 Å². The van der Waals surface area contributed by atoms with Crippen molar-refractivity contribution in [2.75, 3.05) is 0 Å². The number of rotatable bonds is 0. The Morgan fingerprint density at radius 3 is 1.50 bits per heavy atom. The van der Waals surface area contributed by atoms with Crippen molar-refractivity contribution >= 4 is 22.3 Å². The van der Waals surface area contributed by atoms with Crippen LogP contribution in [0.5, 0.6) is 0 Å². The monoisotopic (exact) mass is 201 g/mol. The average molecular weight is 199 g/mol. The van der Waals surface area contributed by atoms with Crippen LogP contribution in [-0.4, -0.2) is 22.3 Å². The predicted molar refractivity (Wildman–Crippen MR) is 30.0 cm³/mol. The van der Waals surface area contributed by atoms with Crippen LogP contribution in [0.2, 0.25) is 4.47 Å². The molecule has 0 spiro atoms. The summed E-state index contributed by atoms with van der Waals surface area (Å²) in [6.45, 7) is 6.74. The Hall–Kier alpha value is 0.790. The molecule has 0 nitrogen and oxygen atoms in total. The second-order valence-electron chi connectivity index (χ2n) is 2.70. The molecule has 1 radical (unpaired) electrons. The maximum absolute atomic E-state index is 2.25. The summed E-state index contributed by atoms with van der Waals surface area (Å²) >= 11 is 2.15. The first-order valence-corrected chi connectivity index (χ1v) is 3.79. The molecule has 0 fully saturated rings. The van der Waals surface area contributed by atoms with Gasteiger partial charge >= 0.3 is 52.9 Å². The van der Waals surface area contributed by atoms with Crippen LogP contribution in [0, 0.1) is 5.41 Å². The van der Waals surface area contributed by atoms with Crippen molar-refractivity contribution in [3.8, 4) is 0 Å². The van der Waals surface area contributed by atoms with Gasteiger partial charge in [-0.1, -0.05) is 0 Å². The van der Waals surface area contributed by atoms with Gasteiger partial charge < -0.3 is 0 Å².